The second-order valence-electron chi connectivity index (χ2n) is 13.9. The number of hydrogen-bond acceptors (Lipinski definition) is 12. The van der Waals surface area contributed by atoms with E-state index in [1.165, 1.54) is 13.2 Å². The van der Waals surface area contributed by atoms with Gasteiger partial charge in [0.1, 0.15) is 23.2 Å². The highest BCUT2D eigenvalue weighted by molar-refractivity contribution is 7.92. The van der Waals surface area contributed by atoms with Gasteiger partial charge in [-0.1, -0.05) is 18.2 Å². The molecule has 2 aromatic carbocycles. The highest BCUT2D eigenvalue weighted by atomic mass is 32.2. The van der Waals surface area contributed by atoms with Gasteiger partial charge in [0.15, 0.2) is 0 Å². The van der Waals surface area contributed by atoms with Gasteiger partial charge < -0.3 is 20.4 Å². The summed E-state index contributed by atoms with van der Waals surface area (Å²) in [5.41, 5.74) is 3.32. The lowest BCUT2D eigenvalue weighted by atomic mass is 10.0. The Kier molecular flexibility index (Phi) is 10.6. The third-order valence-electron chi connectivity index (χ3n) is 10.1. The number of sulfonamides is 1. The van der Waals surface area contributed by atoms with Crippen molar-refractivity contribution < 1.29 is 36.0 Å². The minimum atomic E-state index is -4.75. The summed E-state index contributed by atoms with van der Waals surface area (Å²) < 4.78 is 66.9. The highest BCUT2D eigenvalue weighted by Gasteiger charge is 2.39. The fourth-order valence-corrected chi connectivity index (χ4v) is 7.48. The smallest absolute Gasteiger partial charge is 0.369 e. The van der Waals surface area contributed by atoms with Crippen LogP contribution in [0.15, 0.2) is 67.0 Å². The van der Waals surface area contributed by atoms with E-state index in [9.17, 15) is 36.0 Å². The molecule has 5 heterocycles. The number of aromatic nitrogens is 3. The first-order valence-corrected chi connectivity index (χ1v) is 19.7. The highest BCUT2D eigenvalue weighted by Crippen LogP contribution is 2.35. The summed E-state index contributed by atoms with van der Waals surface area (Å²) in [6, 6.07) is 15.7. The Hall–Kier alpha value is -5.82. The first kappa shape index (κ1) is 38.5. The molecule has 4 aromatic rings. The molecule has 0 radical (unpaired) electrons. The lowest BCUT2D eigenvalue weighted by Crippen LogP contribution is -2.52. The summed E-state index contributed by atoms with van der Waals surface area (Å²) in [6.07, 6.45) is -1.14. The predicted molar refractivity (Wildman–Crippen MR) is 202 cm³/mol. The van der Waals surface area contributed by atoms with Crippen LogP contribution in [-0.2, 0) is 45.4 Å². The molecule has 56 heavy (non-hydrogen) atoms. The average Bonchev–Trinajstić information content (AvgIpc) is 3.48. The average molecular weight is 793 g/mol. The van der Waals surface area contributed by atoms with Crippen molar-refractivity contribution in [3.8, 4) is 0 Å². The van der Waals surface area contributed by atoms with Gasteiger partial charge in [-0.2, -0.15) is 18.2 Å². The number of alkyl halides is 3. The summed E-state index contributed by atoms with van der Waals surface area (Å²) in [5, 5.41) is 7.99. The second-order valence-corrected chi connectivity index (χ2v) is 15.9. The number of piperazine rings is 1. The number of amides is 3. The van der Waals surface area contributed by atoms with Crippen molar-refractivity contribution in [2.75, 3.05) is 59.3 Å². The lowest BCUT2D eigenvalue weighted by molar-refractivity contribution is -0.138. The minimum absolute atomic E-state index is 0.0684. The van der Waals surface area contributed by atoms with Crippen molar-refractivity contribution >= 4 is 56.7 Å². The minimum Gasteiger partial charge on any atom is -0.369 e. The number of pyridine rings is 1. The van der Waals surface area contributed by atoms with Crippen LogP contribution in [-0.4, -0.2) is 96.4 Å². The summed E-state index contributed by atoms with van der Waals surface area (Å²) >= 11 is 0. The number of halogens is 3. The topological polar surface area (TPSA) is 173 Å². The Morgan fingerprint density at radius 3 is 2.45 bits per heavy atom. The molecular formula is C37H39F3N10O5S. The van der Waals surface area contributed by atoms with Crippen molar-refractivity contribution in [1.29, 1.82) is 0 Å². The van der Waals surface area contributed by atoms with Crippen LogP contribution >= 0.6 is 0 Å². The van der Waals surface area contributed by atoms with Crippen LogP contribution in [0.5, 0.6) is 0 Å². The Labute approximate surface area is 321 Å². The Morgan fingerprint density at radius 2 is 1.75 bits per heavy atom. The SMILES string of the molecule is CN(c1ncccc1CNc1nc(Nc2ccc(N3CCN(Cc4ccc5c(c4)CN(C4CCC(=O)NC4=O)C5=O)CC3)cc2)ncc1C(F)(F)F)S(C)(=O)=O. The molecule has 19 heteroatoms. The van der Waals surface area contributed by atoms with Crippen LogP contribution in [0.4, 0.5) is 42.1 Å². The Bertz CT molecular complexity index is 2270. The van der Waals surface area contributed by atoms with Gasteiger partial charge in [0.2, 0.25) is 27.8 Å². The lowest BCUT2D eigenvalue weighted by Gasteiger charge is -2.36. The van der Waals surface area contributed by atoms with Gasteiger partial charge in [0.25, 0.3) is 5.91 Å². The molecule has 0 spiro atoms. The van der Waals surface area contributed by atoms with Gasteiger partial charge >= 0.3 is 6.18 Å². The molecule has 2 saturated heterocycles. The third kappa shape index (κ3) is 8.37. The number of nitrogens with one attached hydrogen (secondary N) is 3. The van der Waals surface area contributed by atoms with E-state index >= 15 is 0 Å². The fourth-order valence-electron chi connectivity index (χ4n) is 7.01. The van der Waals surface area contributed by atoms with E-state index in [0.717, 1.165) is 53.6 Å². The number of anilines is 5. The third-order valence-corrected chi connectivity index (χ3v) is 11.2. The molecule has 0 aliphatic carbocycles. The van der Waals surface area contributed by atoms with Crippen molar-refractivity contribution in [3.63, 3.8) is 0 Å². The fraction of sp³-hybridized carbons (Fsp3) is 0.351. The molecule has 3 aliphatic heterocycles. The first-order chi connectivity index (χ1) is 26.6. The van der Waals surface area contributed by atoms with Crippen LogP contribution in [0, 0.1) is 0 Å². The molecule has 294 valence electrons. The molecule has 7 rings (SSSR count). The number of nitrogens with zero attached hydrogens (tertiary/aromatic N) is 7. The first-order valence-electron chi connectivity index (χ1n) is 17.8. The van der Waals surface area contributed by atoms with E-state index in [0.29, 0.717) is 42.5 Å². The molecule has 2 fully saturated rings. The molecule has 1 atom stereocenters. The maximum atomic E-state index is 13.9. The molecule has 3 N–H and O–H groups in total. The molecule has 0 bridgehead atoms. The summed E-state index contributed by atoms with van der Waals surface area (Å²) in [4.78, 5) is 55.3. The number of benzene rings is 2. The number of imide groups is 1. The van der Waals surface area contributed by atoms with Crippen LogP contribution in [0.25, 0.3) is 0 Å². The zero-order chi connectivity index (χ0) is 39.8. The van der Waals surface area contributed by atoms with Gasteiger partial charge in [-0.05, 0) is 53.9 Å². The van der Waals surface area contributed by atoms with Gasteiger partial charge in [0, 0.05) is 94.2 Å². The van der Waals surface area contributed by atoms with E-state index < -0.39 is 39.5 Å². The Morgan fingerprint density at radius 1 is 1.00 bits per heavy atom. The summed E-state index contributed by atoms with van der Waals surface area (Å²) in [5.74, 6) is -1.42. The number of carbonyl (C=O) groups is 3. The number of rotatable bonds is 11. The van der Waals surface area contributed by atoms with Gasteiger partial charge in [0.05, 0.1) is 6.26 Å². The molecule has 3 aliphatic rings. The molecule has 2 aromatic heterocycles. The molecule has 15 nitrogen and oxygen atoms in total. The summed E-state index contributed by atoms with van der Waals surface area (Å²) in [6.45, 7) is 3.93. The monoisotopic (exact) mass is 792 g/mol. The largest absolute Gasteiger partial charge is 0.421 e. The number of hydrogen-bond donors (Lipinski definition) is 3. The maximum absolute atomic E-state index is 13.9. The van der Waals surface area contributed by atoms with E-state index in [2.05, 4.69) is 40.7 Å². The summed E-state index contributed by atoms with van der Waals surface area (Å²) in [7, 11) is -2.36. The van der Waals surface area contributed by atoms with Crippen molar-refractivity contribution in [1.82, 2.24) is 30.1 Å². The second kappa shape index (κ2) is 15.4. The van der Waals surface area contributed by atoms with Gasteiger partial charge in [-0.25, -0.2) is 18.4 Å². The number of carbonyl (C=O) groups excluding carboxylic acids is 3. The van der Waals surface area contributed by atoms with Crippen molar-refractivity contribution in [2.24, 2.45) is 0 Å². The zero-order valence-corrected chi connectivity index (χ0v) is 31.3. The molecule has 0 saturated carbocycles. The van der Waals surface area contributed by atoms with Crippen molar-refractivity contribution in [3.05, 3.63) is 94.8 Å². The van der Waals surface area contributed by atoms with Crippen LogP contribution in [0.1, 0.15) is 45.5 Å². The predicted octanol–water partition coefficient (Wildman–Crippen LogP) is 3.73. The standard InChI is InChI=1S/C37H39F3N10O5S/c1-47(56(2,54)55)33-24(4-3-13-41-33)19-42-32-29(37(38,39)40)20-43-36(46-32)44-26-6-8-27(9-7-26)49-16-14-48(15-17-49)21-23-5-10-28-25(18-23)22-50(35(28)53)30-11-12-31(51)45-34(30)52/h3-10,13,18,20,30H,11-12,14-17,19,21-22H2,1-2H3,(H,45,51,52)(H2,42,43,44,46). The van der Waals surface area contributed by atoms with E-state index in [1.54, 1.807) is 29.2 Å². The Balaban J connectivity index is 0.947. The van der Waals surface area contributed by atoms with Gasteiger partial charge in [-0.15, -0.1) is 0 Å². The zero-order valence-electron chi connectivity index (χ0n) is 30.5. The van der Waals surface area contributed by atoms with E-state index in [-0.39, 0.29) is 36.5 Å². The number of piperidine rings is 1. The maximum Gasteiger partial charge on any atom is 0.421 e. The molecule has 1 unspecified atom stereocenters. The van der Waals surface area contributed by atoms with Crippen LogP contribution in [0.3, 0.4) is 0 Å². The van der Waals surface area contributed by atoms with Crippen LogP contribution < -0.4 is 25.2 Å². The van der Waals surface area contributed by atoms with Crippen molar-refractivity contribution in [2.45, 2.75) is 44.7 Å². The van der Waals surface area contributed by atoms with Gasteiger partial charge in [-0.3, -0.25) is 28.9 Å². The number of fused-ring (bicyclic) bond motifs is 1. The normalized spacial score (nSPS) is 17.8. The van der Waals surface area contributed by atoms with Crippen LogP contribution in [0.2, 0.25) is 0 Å². The van der Waals surface area contributed by atoms with E-state index in [1.807, 2.05) is 30.3 Å². The molecular weight excluding hydrogens is 754 g/mol. The quantitative estimate of drug-likeness (QED) is 0.188. The van der Waals surface area contributed by atoms with E-state index in [4.69, 9.17) is 0 Å². The molecule has 3 amide bonds.